The van der Waals surface area contributed by atoms with Crippen LogP contribution >= 0.6 is 0 Å². The van der Waals surface area contributed by atoms with Crippen molar-refractivity contribution in [3.8, 4) is 6.07 Å². The summed E-state index contributed by atoms with van der Waals surface area (Å²) in [5.74, 6) is 0.306. The highest BCUT2D eigenvalue weighted by molar-refractivity contribution is 4.89. The van der Waals surface area contributed by atoms with Crippen molar-refractivity contribution in [2.45, 2.75) is 6.42 Å². The maximum Gasteiger partial charge on any atom is 0.0669 e. The zero-order valence-corrected chi connectivity index (χ0v) is 5.09. The van der Waals surface area contributed by atoms with Crippen LogP contribution in [0.3, 0.4) is 0 Å². The Morgan fingerprint density at radius 2 is 2.50 bits per heavy atom. The van der Waals surface area contributed by atoms with Gasteiger partial charge in [0, 0.05) is 6.54 Å². The van der Waals surface area contributed by atoms with Crippen LogP contribution in [0, 0.1) is 17.2 Å². The van der Waals surface area contributed by atoms with E-state index in [1.54, 1.807) is 0 Å². The quantitative estimate of drug-likeness (QED) is 0.453. The normalized spacial score (nSPS) is 30.2. The molecular formula is C6H10N2. The average Bonchev–Trinajstić information content (AvgIpc) is 2.14. The topological polar surface area (TPSA) is 27.0 Å². The van der Waals surface area contributed by atoms with E-state index >= 15 is 0 Å². The molecule has 0 aromatic rings. The summed E-state index contributed by atoms with van der Waals surface area (Å²) in [5.41, 5.74) is 0. The standard InChI is InChI=1S/C6H10N2/c1-8-3-2-6(4-7)5-8/h6H,2-3,5H2,1H3/t6-/m0/s1. The summed E-state index contributed by atoms with van der Waals surface area (Å²) in [7, 11) is 2.05. The van der Waals surface area contributed by atoms with Gasteiger partial charge in [0.15, 0.2) is 0 Å². The van der Waals surface area contributed by atoms with Crippen molar-refractivity contribution in [1.29, 1.82) is 5.26 Å². The molecule has 44 valence electrons. The van der Waals surface area contributed by atoms with Crippen LogP contribution in [0.15, 0.2) is 0 Å². The smallest absolute Gasteiger partial charge is 0.0669 e. The molecular weight excluding hydrogens is 100 g/mol. The van der Waals surface area contributed by atoms with Crippen molar-refractivity contribution in [2.24, 2.45) is 5.92 Å². The predicted octanol–water partition coefficient (Wildman–Crippen LogP) is 0.462. The molecule has 0 radical (unpaired) electrons. The molecule has 0 aromatic heterocycles. The van der Waals surface area contributed by atoms with E-state index in [0.29, 0.717) is 5.92 Å². The fourth-order valence-electron chi connectivity index (χ4n) is 1.04. The Balaban J connectivity index is 2.35. The maximum atomic E-state index is 8.41. The summed E-state index contributed by atoms with van der Waals surface area (Å²) in [6, 6.07) is 2.25. The predicted molar refractivity (Wildman–Crippen MR) is 31.2 cm³/mol. The molecule has 1 saturated heterocycles. The van der Waals surface area contributed by atoms with E-state index in [2.05, 4.69) is 18.0 Å². The highest BCUT2D eigenvalue weighted by Gasteiger charge is 2.17. The van der Waals surface area contributed by atoms with Crippen LogP contribution in [0.1, 0.15) is 6.42 Å². The summed E-state index contributed by atoms with van der Waals surface area (Å²) in [6.45, 7) is 2.06. The van der Waals surface area contributed by atoms with Crippen LogP contribution in [-0.2, 0) is 0 Å². The summed E-state index contributed by atoms with van der Waals surface area (Å²) < 4.78 is 0. The van der Waals surface area contributed by atoms with Gasteiger partial charge >= 0.3 is 0 Å². The second-order valence-electron chi connectivity index (χ2n) is 2.38. The van der Waals surface area contributed by atoms with E-state index < -0.39 is 0 Å². The van der Waals surface area contributed by atoms with Crippen molar-refractivity contribution in [2.75, 3.05) is 20.1 Å². The van der Waals surface area contributed by atoms with E-state index in [9.17, 15) is 0 Å². The number of hydrogen-bond donors (Lipinski definition) is 0. The molecule has 1 rings (SSSR count). The molecule has 1 fully saturated rings. The molecule has 1 atom stereocenters. The van der Waals surface area contributed by atoms with E-state index in [1.807, 2.05) is 0 Å². The van der Waals surface area contributed by atoms with E-state index in [4.69, 9.17) is 5.26 Å². The van der Waals surface area contributed by atoms with Gasteiger partial charge in [-0.1, -0.05) is 0 Å². The molecule has 0 bridgehead atoms. The first kappa shape index (κ1) is 5.58. The van der Waals surface area contributed by atoms with Crippen LogP contribution < -0.4 is 0 Å². The van der Waals surface area contributed by atoms with E-state index in [0.717, 1.165) is 19.5 Å². The van der Waals surface area contributed by atoms with Gasteiger partial charge in [-0.05, 0) is 20.0 Å². The molecule has 0 spiro atoms. The van der Waals surface area contributed by atoms with Crippen molar-refractivity contribution < 1.29 is 0 Å². The molecule has 0 aromatic carbocycles. The molecule has 8 heavy (non-hydrogen) atoms. The lowest BCUT2D eigenvalue weighted by Gasteiger charge is -2.02. The Morgan fingerprint density at radius 1 is 1.75 bits per heavy atom. The monoisotopic (exact) mass is 110 g/mol. The van der Waals surface area contributed by atoms with Crippen molar-refractivity contribution in [3.05, 3.63) is 0 Å². The zero-order chi connectivity index (χ0) is 5.98. The lowest BCUT2D eigenvalue weighted by Crippen LogP contribution is -2.13. The summed E-state index contributed by atoms with van der Waals surface area (Å²) in [5, 5.41) is 8.41. The summed E-state index contributed by atoms with van der Waals surface area (Å²) >= 11 is 0. The Kier molecular flexibility index (Phi) is 1.50. The summed E-state index contributed by atoms with van der Waals surface area (Å²) in [6.07, 6.45) is 1.06. The third-order valence-corrected chi connectivity index (χ3v) is 1.57. The minimum absolute atomic E-state index is 0.306. The Labute approximate surface area is 49.7 Å². The average molecular weight is 110 g/mol. The van der Waals surface area contributed by atoms with Crippen LogP contribution in [0.4, 0.5) is 0 Å². The first-order valence-corrected chi connectivity index (χ1v) is 2.91. The van der Waals surface area contributed by atoms with E-state index in [1.165, 1.54) is 0 Å². The molecule has 2 nitrogen and oxygen atoms in total. The maximum absolute atomic E-state index is 8.41. The van der Waals surface area contributed by atoms with Gasteiger partial charge in [0.1, 0.15) is 0 Å². The zero-order valence-electron chi connectivity index (χ0n) is 5.09. The number of hydrogen-bond acceptors (Lipinski definition) is 2. The lowest BCUT2D eigenvalue weighted by molar-refractivity contribution is 0.409. The fourth-order valence-corrected chi connectivity index (χ4v) is 1.04. The van der Waals surface area contributed by atoms with Gasteiger partial charge in [-0.3, -0.25) is 0 Å². The van der Waals surface area contributed by atoms with Gasteiger partial charge in [-0.15, -0.1) is 0 Å². The number of rotatable bonds is 0. The highest BCUT2D eigenvalue weighted by atomic mass is 15.1. The molecule has 0 saturated carbocycles. The van der Waals surface area contributed by atoms with Crippen LogP contribution in [0.25, 0.3) is 0 Å². The molecule has 0 amide bonds. The van der Waals surface area contributed by atoms with Gasteiger partial charge < -0.3 is 4.90 Å². The first-order valence-electron chi connectivity index (χ1n) is 2.91. The molecule has 1 heterocycles. The van der Waals surface area contributed by atoms with Crippen LogP contribution in [0.5, 0.6) is 0 Å². The van der Waals surface area contributed by atoms with Crippen molar-refractivity contribution in [3.63, 3.8) is 0 Å². The van der Waals surface area contributed by atoms with E-state index in [-0.39, 0.29) is 0 Å². The minimum Gasteiger partial charge on any atom is -0.305 e. The summed E-state index contributed by atoms with van der Waals surface area (Å²) in [4.78, 5) is 2.19. The van der Waals surface area contributed by atoms with Crippen LogP contribution in [-0.4, -0.2) is 25.0 Å². The number of nitrogens with zero attached hydrogens (tertiary/aromatic N) is 2. The molecule has 1 aliphatic heterocycles. The molecule has 0 unspecified atom stereocenters. The molecule has 0 N–H and O–H groups in total. The third-order valence-electron chi connectivity index (χ3n) is 1.57. The Hall–Kier alpha value is -0.550. The number of likely N-dealkylation sites (tertiary alicyclic amines) is 1. The minimum atomic E-state index is 0.306. The van der Waals surface area contributed by atoms with Crippen LogP contribution in [0.2, 0.25) is 0 Å². The SMILES string of the molecule is CN1CC[C@@H](C#N)C1. The first-order chi connectivity index (χ1) is 3.83. The third kappa shape index (κ3) is 0.988. The Bertz CT molecular complexity index is 114. The van der Waals surface area contributed by atoms with Gasteiger partial charge in [0.05, 0.1) is 12.0 Å². The van der Waals surface area contributed by atoms with Gasteiger partial charge in [-0.25, -0.2) is 0 Å². The lowest BCUT2D eigenvalue weighted by atomic mass is 10.1. The second kappa shape index (κ2) is 2.15. The highest BCUT2D eigenvalue weighted by Crippen LogP contribution is 2.11. The Morgan fingerprint density at radius 3 is 2.75 bits per heavy atom. The second-order valence-corrected chi connectivity index (χ2v) is 2.38. The van der Waals surface area contributed by atoms with Gasteiger partial charge in [0.25, 0.3) is 0 Å². The van der Waals surface area contributed by atoms with Crippen molar-refractivity contribution in [1.82, 2.24) is 4.90 Å². The molecule has 1 aliphatic rings. The molecule has 2 heteroatoms. The van der Waals surface area contributed by atoms with Gasteiger partial charge in [-0.2, -0.15) is 5.26 Å². The van der Waals surface area contributed by atoms with Crippen molar-refractivity contribution >= 4 is 0 Å². The molecule has 0 aliphatic carbocycles. The largest absolute Gasteiger partial charge is 0.305 e. The van der Waals surface area contributed by atoms with Gasteiger partial charge in [0.2, 0.25) is 0 Å². The fraction of sp³-hybridized carbons (Fsp3) is 0.833. The number of nitriles is 1.